The van der Waals surface area contributed by atoms with E-state index in [2.05, 4.69) is 36.7 Å². The van der Waals surface area contributed by atoms with Gasteiger partial charge in [0.25, 0.3) is 0 Å². The van der Waals surface area contributed by atoms with Crippen molar-refractivity contribution in [2.45, 2.75) is 0 Å². The summed E-state index contributed by atoms with van der Waals surface area (Å²) in [4.78, 5) is 11.0. The van der Waals surface area contributed by atoms with Gasteiger partial charge >= 0.3 is 0 Å². The Morgan fingerprint density at radius 1 is 1.39 bits per heavy atom. The second-order valence-corrected chi connectivity index (χ2v) is 4.78. The van der Waals surface area contributed by atoms with E-state index in [0.717, 1.165) is 29.2 Å². The number of fused-ring (bicyclic) bond motifs is 1. The number of terminal acetylenes is 1. The van der Waals surface area contributed by atoms with Gasteiger partial charge in [-0.15, -0.1) is 6.42 Å². The van der Waals surface area contributed by atoms with Gasteiger partial charge in [0, 0.05) is 19.3 Å². The number of aromatic nitrogens is 3. The van der Waals surface area contributed by atoms with Crippen molar-refractivity contribution in [1.29, 1.82) is 0 Å². The molecule has 0 N–H and O–H groups in total. The van der Waals surface area contributed by atoms with Gasteiger partial charge < -0.3 is 9.64 Å². The lowest BCUT2D eigenvalue weighted by Gasteiger charge is -2.27. The Labute approximate surface area is 113 Å². The molecule has 0 unspecified atom stereocenters. The van der Waals surface area contributed by atoms with E-state index in [1.165, 1.54) is 0 Å². The zero-order valence-corrected chi connectivity index (χ0v) is 11.2. The van der Waals surface area contributed by atoms with Crippen LogP contribution < -0.4 is 4.90 Å². The number of imidazole rings is 1. The average Bonchev–Trinajstić information content (AvgIpc) is 2.85. The van der Waals surface area contributed by atoms with E-state index >= 15 is 0 Å². The third kappa shape index (κ3) is 1.85. The molecule has 0 aromatic carbocycles. The monoisotopic (exact) mass is 306 g/mol. The van der Waals surface area contributed by atoms with E-state index in [9.17, 15) is 0 Å². The van der Waals surface area contributed by atoms with Crippen molar-refractivity contribution in [3.63, 3.8) is 0 Å². The standard InChI is InChI=1S/C12H11BrN4O/c1-2-9-8-17-10(13)7-14-11(12(17)15-9)16-3-5-18-6-4-16/h1,7-8H,3-6H2. The molecule has 0 atom stereocenters. The van der Waals surface area contributed by atoms with Crippen LogP contribution in [-0.4, -0.2) is 40.7 Å². The van der Waals surface area contributed by atoms with E-state index in [1.807, 2.05) is 10.6 Å². The summed E-state index contributed by atoms with van der Waals surface area (Å²) in [5.74, 6) is 3.40. The summed E-state index contributed by atoms with van der Waals surface area (Å²) in [5.41, 5.74) is 1.39. The van der Waals surface area contributed by atoms with Crippen LogP contribution in [0, 0.1) is 12.3 Å². The normalized spacial score (nSPS) is 15.9. The van der Waals surface area contributed by atoms with Crippen LogP contribution in [0.3, 0.4) is 0 Å². The second kappa shape index (κ2) is 4.59. The zero-order valence-electron chi connectivity index (χ0n) is 9.64. The number of hydrogen-bond donors (Lipinski definition) is 0. The van der Waals surface area contributed by atoms with Crippen LogP contribution in [-0.2, 0) is 4.74 Å². The van der Waals surface area contributed by atoms with Crippen LogP contribution in [0.15, 0.2) is 17.0 Å². The van der Waals surface area contributed by atoms with Crippen LogP contribution in [0.2, 0.25) is 0 Å². The first-order valence-electron chi connectivity index (χ1n) is 5.62. The van der Waals surface area contributed by atoms with Crippen LogP contribution >= 0.6 is 15.9 Å². The van der Waals surface area contributed by atoms with Gasteiger partial charge in [-0.1, -0.05) is 0 Å². The van der Waals surface area contributed by atoms with Crippen molar-refractivity contribution < 1.29 is 4.74 Å². The zero-order chi connectivity index (χ0) is 12.5. The van der Waals surface area contributed by atoms with Gasteiger partial charge in [0.15, 0.2) is 11.5 Å². The third-order valence-corrected chi connectivity index (χ3v) is 3.47. The number of anilines is 1. The predicted molar refractivity (Wildman–Crippen MR) is 71.7 cm³/mol. The lowest BCUT2D eigenvalue weighted by Crippen LogP contribution is -2.37. The first-order chi connectivity index (χ1) is 8.79. The average molecular weight is 307 g/mol. The van der Waals surface area contributed by atoms with Crippen LogP contribution in [0.1, 0.15) is 5.69 Å². The summed E-state index contributed by atoms with van der Waals surface area (Å²) in [5, 5.41) is 0. The van der Waals surface area contributed by atoms with Crippen LogP contribution in [0.5, 0.6) is 0 Å². The smallest absolute Gasteiger partial charge is 0.182 e. The van der Waals surface area contributed by atoms with E-state index in [4.69, 9.17) is 11.2 Å². The molecule has 2 aromatic rings. The molecule has 2 aromatic heterocycles. The highest BCUT2D eigenvalue weighted by Gasteiger charge is 2.18. The molecule has 3 rings (SSSR count). The molecule has 1 aliphatic heterocycles. The van der Waals surface area contributed by atoms with Gasteiger partial charge in [-0.25, -0.2) is 9.97 Å². The van der Waals surface area contributed by atoms with Crippen molar-refractivity contribution in [3.05, 3.63) is 22.7 Å². The Hall–Kier alpha value is -1.58. The quantitative estimate of drug-likeness (QED) is 0.745. The Kier molecular flexibility index (Phi) is 2.94. The number of morpholine rings is 1. The third-order valence-electron chi connectivity index (χ3n) is 2.89. The van der Waals surface area contributed by atoms with E-state index in [1.54, 1.807) is 6.20 Å². The molecule has 0 radical (unpaired) electrons. The summed E-state index contributed by atoms with van der Waals surface area (Å²) in [7, 11) is 0. The van der Waals surface area contributed by atoms with Gasteiger partial charge in [0.2, 0.25) is 0 Å². The minimum absolute atomic E-state index is 0.609. The Morgan fingerprint density at radius 3 is 2.89 bits per heavy atom. The second-order valence-electron chi connectivity index (χ2n) is 3.97. The SMILES string of the molecule is C#Cc1cn2c(Br)cnc(N3CCOCC3)c2n1. The Bertz CT molecular complexity index is 625. The first-order valence-corrected chi connectivity index (χ1v) is 6.42. The summed E-state index contributed by atoms with van der Waals surface area (Å²) in [6.07, 6.45) is 8.99. The highest BCUT2D eigenvalue weighted by molar-refractivity contribution is 9.10. The van der Waals surface area contributed by atoms with Gasteiger partial charge in [0.05, 0.1) is 19.4 Å². The minimum Gasteiger partial charge on any atom is -0.378 e. The molecule has 92 valence electrons. The largest absolute Gasteiger partial charge is 0.378 e. The topological polar surface area (TPSA) is 42.7 Å². The van der Waals surface area contributed by atoms with Crippen LogP contribution in [0.4, 0.5) is 5.82 Å². The number of halogens is 1. The number of ether oxygens (including phenoxy) is 1. The first kappa shape index (κ1) is 11.5. The van der Waals surface area contributed by atoms with Gasteiger partial charge in [-0.3, -0.25) is 4.40 Å². The van der Waals surface area contributed by atoms with Crippen molar-refractivity contribution in [2.75, 3.05) is 31.2 Å². The molecular formula is C12H11BrN4O. The van der Waals surface area contributed by atoms with E-state index in [-0.39, 0.29) is 0 Å². The molecule has 5 nitrogen and oxygen atoms in total. The number of nitrogens with zero attached hydrogens (tertiary/aromatic N) is 4. The van der Waals surface area contributed by atoms with Crippen molar-refractivity contribution in [2.24, 2.45) is 0 Å². The maximum absolute atomic E-state index is 5.40. The molecule has 0 amide bonds. The Balaban J connectivity index is 2.14. The lowest BCUT2D eigenvalue weighted by atomic mass is 10.4. The molecule has 0 spiro atoms. The maximum atomic E-state index is 5.40. The molecule has 3 heterocycles. The Morgan fingerprint density at radius 2 is 2.17 bits per heavy atom. The highest BCUT2D eigenvalue weighted by atomic mass is 79.9. The van der Waals surface area contributed by atoms with Gasteiger partial charge in [-0.2, -0.15) is 0 Å². The molecule has 1 saturated heterocycles. The van der Waals surface area contributed by atoms with Crippen molar-refractivity contribution in [3.8, 4) is 12.3 Å². The minimum atomic E-state index is 0.609. The molecule has 18 heavy (non-hydrogen) atoms. The molecule has 1 aliphatic rings. The molecule has 0 saturated carbocycles. The van der Waals surface area contributed by atoms with Crippen LogP contribution in [0.25, 0.3) is 5.65 Å². The summed E-state index contributed by atoms with van der Waals surface area (Å²) in [6.45, 7) is 3.07. The molecular weight excluding hydrogens is 296 g/mol. The molecule has 0 aliphatic carbocycles. The maximum Gasteiger partial charge on any atom is 0.182 e. The molecule has 6 heteroatoms. The number of rotatable bonds is 1. The fourth-order valence-electron chi connectivity index (χ4n) is 2.00. The molecule has 0 bridgehead atoms. The number of hydrogen-bond acceptors (Lipinski definition) is 4. The fourth-order valence-corrected chi connectivity index (χ4v) is 2.38. The summed E-state index contributed by atoms with van der Waals surface area (Å²) < 4.78 is 8.09. The lowest BCUT2D eigenvalue weighted by molar-refractivity contribution is 0.122. The summed E-state index contributed by atoms with van der Waals surface area (Å²) >= 11 is 3.45. The van der Waals surface area contributed by atoms with E-state index in [0.29, 0.717) is 18.9 Å². The highest BCUT2D eigenvalue weighted by Crippen LogP contribution is 2.23. The predicted octanol–water partition coefficient (Wildman–Crippen LogP) is 1.31. The summed E-state index contributed by atoms with van der Waals surface area (Å²) in [6, 6.07) is 0. The van der Waals surface area contributed by atoms with Crippen molar-refractivity contribution >= 4 is 27.4 Å². The van der Waals surface area contributed by atoms with Gasteiger partial charge in [-0.05, 0) is 21.9 Å². The molecule has 1 fully saturated rings. The van der Waals surface area contributed by atoms with Gasteiger partial charge in [0.1, 0.15) is 10.3 Å². The van der Waals surface area contributed by atoms with Crippen molar-refractivity contribution in [1.82, 2.24) is 14.4 Å². The van der Waals surface area contributed by atoms with E-state index < -0.39 is 0 Å². The fraction of sp³-hybridized carbons (Fsp3) is 0.333.